The first-order valence-corrected chi connectivity index (χ1v) is 20.6. The summed E-state index contributed by atoms with van der Waals surface area (Å²) in [6.45, 7) is 6.45. The number of hydrogen-bond donors (Lipinski definition) is 2. The van der Waals surface area contributed by atoms with Gasteiger partial charge in [-0.1, -0.05) is 0 Å². The molecule has 16 heteroatoms. The second-order valence-electron chi connectivity index (χ2n) is 14.0. The maximum absolute atomic E-state index is 13.5. The minimum Gasteiger partial charge on any atom is -0.494 e. The minimum atomic E-state index is -2.79. The van der Waals surface area contributed by atoms with E-state index in [2.05, 4.69) is 51.5 Å². The van der Waals surface area contributed by atoms with Crippen molar-refractivity contribution < 1.29 is 18.1 Å². The quantitative estimate of drug-likeness (QED) is 0.139. The number of likely N-dealkylation sites (tertiary alicyclic amines) is 1. The second kappa shape index (κ2) is 14.7. The van der Waals surface area contributed by atoms with Crippen molar-refractivity contribution in [3.8, 4) is 16.9 Å². The van der Waals surface area contributed by atoms with Gasteiger partial charge >= 0.3 is 0 Å². The molecule has 0 radical (unpaired) electrons. The van der Waals surface area contributed by atoms with Crippen molar-refractivity contribution in [2.75, 3.05) is 68.7 Å². The van der Waals surface area contributed by atoms with Crippen molar-refractivity contribution in [1.82, 2.24) is 34.6 Å². The van der Waals surface area contributed by atoms with Crippen molar-refractivity contribution in [3.63, 3.8) is 0 Å². The highest BCUT2D eigenvalue weighted by Gasteiger charge is 2.38. The number of rotatable bonds is 10. The van der Waals surface area contributed by atoms with Crippen LogP contribution in [0.4, 0.5) is 37.6 Å². The number of aryl methyl sites for hydroxylation is 1. The molecule has 3 aromatic heterocycles. The summed E-state index contributed by atoms with van der Waals surface area (Å²) >= 11 is 3.58. The molecular weight excluding hydrogens is 753 g/mol. The molecule has 0 saturated carbocycles. The van der Waals surface area contributed by atoms with Gasteiger partial charge in [0.2, 0.25) is 5.95 Å². The normalized spacial score (nSPS) is 16.5. The summed E-state index contributed by atoms with van der Waals surface area (Å²) in [5.74, 6) is 1.42. The van der Waals surface area contributed by atoms with Crippen molar-refractivity contribution >= 4 is 68.2 Å². The van der Waals surface area contributed by atoms with E-state index in [1.165, 1.54) is 0 Å². The van der Waals surface area contributed by atoms with Gasteiger partial charge in [-0.15, -0.1) is 0 Å². The van der Waals surface area contributed by atoms with Crippen LogP contribution in [0.5, 0.6) is 5.75 Å². The average Bonchev–Trinajstić information content (AvgIpc) is 3.56. The summed E-state index contributed by atoms with van der Waals surface area (Å²) in [5, 5.41) is 11.8. The van der Waals surface area contributed by atoms with Gasteiger partial charge in [0.25, 0.3) is 6.43 Å². The van der Waals surface area contributed by atoms with Crippen LogP contribution in [0.25, 0.3) is 22.2 Å². The largest absolute Gasteiger partial charge is 0.494 e. The maximum atomic E-state index is 13.5. The smallest absolute Gasteiger partial charge is 0.251 e. The number of hydrogen-bond acceptors (Lipinski definition) is 11. The van der Waals surface area contributed by atoms with Crippen LogP contribution in [-0.2, 0) is 11.6 Å². The molecule has 0 aliphatic carbocycles. The van der Waals surface area contributed by atoms with Crippen molar-refractivity contribution in [2.24, 2.45) is 12.5 Å². The van der Waals surface area contributed by atoms with Crippen LogP contribution in [0.2, 0.25) is 0 Å². The van der Waals surface area contributed by atoms with Crippen molar-refractivity contribution in [2.45, 2.75) is 32.1 Å². The third kappa shape index (κ3) is 7.62. The van der Waals surface area contributed by atoms with Crippen LogP contribution in [0.1, 0.15) is 25.7 Å². The molecule has 0 amide bonds. The van der Waals surface area contributed by atoms with E-state index in [-0.39, 0.29) is 12.0 Å². The lowest BCUT2D eigenvalue weighted by atomic mass is 9.71. The first-order valence-electron chi connectivity index (χ1n) is 17.2. The molecule has 5 aromatic rings. The predicted octanol–water partition coefficient (Wildman–Crippen LogP) is 7.27. The molecular formula is C36H42BrF2N10O2P. The summed E-state index contributed by atoms with van der Waals surface area (Å²) in [5.41, 5.74) is 5.70. The average molecular weight is 796 g/mol. The highest BCUT2D eigenvalue weighted by Crippen LogP contribution is 2.46. The first-order chi connectivity index (χ1) is 24.9. The number of halogens is 3. The summed E-state index contributed by atoms with van der Waals surface area (Å²) in [7, 11) is 0.741. The van der Waals surface area contributed by atoms with Gasteiger partial charge < -0.3 is 24.8 Å². The van der Waals surface area contributed by atoms with E-state index in [9.17, 15) is 13.3 Å². The van der Waals surface area contributed by atoms with Crippen molar-refractivity contribution in [1.29, 1.82) is 0 Å². The summed E-state index contributed by atoms with van der Waals surface area (Å²) in [6, 6.07) is 7.77. The standard InChI is InChI=1S/C36H42BrF2N10O2P/c1-47-21-23(19-43-47)24-17-28(30(51-2)18-29(24)49-15-9-36(10-16-49)7-13-48(14-8-36)22-31(38)39)45-35-42-20-25(37)34(46-35)44-27-6-5-26-32(41-12-11-40-26)33(27)52(3,4)50/h5-6,11-12,17-21,31H,7-10,13-16,22H2,1-4H3,(H2,42,44,45,46). The molecule has 12 nitrogen and oxygen atoms in total. The Morgan fingerprint density at radius 1 is 0.981 bits per heavy atom. The zero-order chi connectivity index (χ0) is 36.6. The Kier molecular flexibility index (Phi) is 10.2. The lowest BCUT2D eigenvalue weighted by Gasteiger charge is -2.47. The van der Waals surface area contributed by atoms with Gasteiger partial charge in [0, 0.05) is 67.8 Å². The van der Waals surface area contributed by atoms with Gasteiger partial charge in [-0.2, -0.15) is 10.1 Å². The molecule has 2 N–H and O–H groups in total. The summed E-state index contributed by atoms with van der Waals surface area (Å²) in [6.07, 6.45) is 10.3. The van der Waals surface area contributed by atoms with Gasteiger partial charge in [-0.3, -0.25) is 19.5 Å². The SMILES string of the molecule is COc1cc(N2CCC3(CCN(CC(F)F)CC3)CC2)c(-c2cnn(C)c2)cc1Nc1ncc(Br)c(Nc2ccc3nccnc3c2P(C)(C)=O)n1. The molecule has 2 fully saturated rings. The van der Waals surface area contributed by atoms with E-state index in [0.29, 0.717) is 49.7 Å². The molecule has 52 heavy (non-hydrogen) atoms. The summed E-state index contributed by atoms with van der Waals surface area (Å²) in [4.78, 5) is 22.5. The molecule has 5 heterocycles. The molecule has 2 aliphatic rings. The fraction of sp³-hybridized carbons (Fsp3) is 0.417. The van der Waals surface area contributed by atoms with Crippen LogP contribution in [0.15, 0.2) is 59.7 Å². The molecule has 0 unspecified atom stereocenters. The Morgan fingerprint density at radius 3 is 2.38 bits per heavy atom. The van der Waals surface area contributed by atoms with Gasteiger partial charge in [-0.05, 0) is 91.6 Å². The first kappa shape index (κ1) is 36.2. The lowest BCUT2D eigenvalue weighted by Crippen LogP contribution is -2.47. The van der Waals surface area contributed by atoms with Gasteiger partial charge in [-0.25, -0.2) is 13.8 Å². The molecule has 7 rings (SSSR count). The highest BCUT2D eigenvalue weighted by atomic mass is 79.9. The Labute approximate surface area is 309 Å². The monoisotopic (exact) mass is 794 g/mol. The number of aromatic nitrogens is 6. The second-order valence-corrected chi connectivity index (χ2v) is 18.0. The molecule has 1 spiro atoms. The molecule has 2 aromatic carbocycles. The lowest BCUT2D eigenvalue weighted by molar-refractivity contribution is 0.0338. The zero-order valence-electron chi connectivity index (χ0n) is 29.6. The minimum absolute atomic E-state index is 0.137. The third-order valence-electron chi connectivity index (χ3n) is 10.2. The van der Waals surface area contributed by atoms with Gasteiger partial charge in [0.05, 0.1) is 46.5 Å². The Balaban J connectivity index is 1.17. The van der Waals surface area contributed by atoms with E-state index < -0.39 is 13.6 Å². The number of alkyl halides is 2. The van der Waals surface area contributed by atoms with Crippen LogP contribution < -0.4 is 25.6 Å². The van der Waals surface area contributed by atoms with E-state index >= 15 is 0 Å². The van der Waals surface area contributed by atoms with Crippen LogP contribution in [-0.4, -0.2) is 94.2 Å². The molecule has 2 saturated heterocycles. The molecule has 0 atom stereocenters. The van der Waals surface area contributed by atoms with Crippen LogP contribution in [0.3, 0.4) is 0 Å². The number of fused-ring (bicyclic) bond motifs is 1. The maximum Gasteiger partial charge on any atom is 0.251 e. The number of nitrogens with one attached hydrogen (secondary N) is 2. The number of benzene rings is 2. The third-order valence-corrected chi connectivity index (χ3v) is 12.3. The van der Waals surface area contributed by atoms with Crippen molar-refractivity contribution in [3.05, 3.63) is 59.7 Å². The number of piperidine rings is 2. The Morgan fingerprint density at radius 2 is 1.71 bits per heavy atom. The Bertz CT molecular complexity index is 2130. The van der Waals surface area contributed by atoms with Gasteiger partial charge in [0.15, 0.2) is 0 Å². The highest BCUT2D eigenvalue weighted by molar-refractivity contribution is 9.10. The number of nitrogens with zero attached hydrogens (tertiary/aromatic N) is 8. The molecule has 2 aliphatic heterocycles. The van der Waals surface area contributed by atoms with E-state index in [0.717, 1.165) is 68.7 Å². The van der Waals surface area contributed by atoms with E-state index in [1.54, 1.807) is 43.7 Å². The zero-order valence-corrected chi connectivity index (χ0v) is 32.1. The topological polar surface area (TPSA) is 126 Å². The van der Waals surface area contributed by atoms with Crippen LogP contribution in [0, 0.1) is 5.41 Å². The summed E-state index contributed by atoms with van der Waals surface area (Å²) < 4.78 is 47.8. The number of methoxy groups -OCH3 is 1. The van der Waals surface area contributed by atoms with Gasteiger partial charge in [0.1, 0.15) is 24.2 Å². The fourth-order valence-electron chi connectivity index (χ4n) is 7.45. The molecule has 274 valence electrons. The van der Waals surface area contributed by atoms with E-state index in [4.69, 9.17) is 9.72 Å². The molecule has 0 bridgehead atoms. The number of ether oxygens (including phenoxy) is 1. The fourth-order valence-corrected chi connectivity index (χ4v) is 9.13. The van der Waals surface area contributed by atoms with Crippen LogP contribution >= 0.6 is 23.1 Å². The number of anilines is 5. The van der Waals surface area contributed by atoms with E-state index in [1.807, 2.05) is 48.6 Å². The Hall–Kier alpha value is -4.20. The predicted molar refractivity (Wildman–Crippen MR) is 206 cm³/mol.